The van der Waals surface area contributed by atoms with E-state index in [2.05, 4.69) is 47.2 Å². The summed E-state index contributed by atoms with van der Waals surface area (Å²) < 4.78 is 0. The third-order valence-corrected chi connectivity index (χ3v) is 10.3. The van der Waals surface area contributed by atoms with Gasteiger partial charge in [0.05, 0.1) is 6.42 Å². The Morgan fingerprint density at radius 1 is 0.623 bits per heavy atom. The second kappa shape index (κ2) is 29.5. The van der Waals surface area contributed by atoms with Crippen LogP contribution in [0.2, 0.25) is 0 Å². The maximum atomic E-state index is 14.0. The number of carbonyl (C=O) groups is 9. The fraction of sp³-hybridized carbons (Fsp3) is 0.413. The molecule has 372 valence electrons. The number of amides is 7. The van der Waals surface area contributed by atoms with Crippen LogP contribution >= 0.6 is 0 Å². The summed E-state index contributed by atoms with van der Waals surface area (Å²) in [6.45, 7) is 2.12. The van der Waals surface area contributed by atoms with Gasteiger partial charge in [-0.2, -0.15) is 0 Å². The molecule has 7 amide bonds. The predicted octanol–water partition coefficient (Wildman–Crippen LogP) is 1.30. The lowest BCUT2D eigenvalue weighted by atomic mass is 10.0. The van der Waals surface area contributed by atoms with Gasteiger partial charge >= 0.3 is 23.9 Å². The highest BCUT2D eigenvalue weighted by atomic mass is 16.4. The number of aliphatic imine (C=N–C) groups is 1. The summed E-state index contributed by atoms with van der Waals surface area (Å²) >= 11 is 0. The van der Waals surface area contributed by atoms with Crippen molar-refractivity contribution in [3.05, 3.63) is 89.7 Å². The zero-order valence-corrected chi connectivity index (χ0v) is 38.2. The Balaban J connectivity index is 1.75. The van der Waals surface area contributed by atoms with E-state index in [1.807, 2.05) is 25.1 Å². The van der Waals surface area contributed by atoms with Crippen LogP contribution in [0.1, 0.15) is 80.9 Å². The first kappa shape index (κ1) is 55.2. The maximum Gasteiger partial charge on any atom is 0.326 e. The van der Waals surface area contributed by atoms with Crippen LogP contribution in [0.4, 0.5) is 16.2 Å². The molecule has 3 rings (SSSR count). The molecule has 0 aliphatic heterocycles. The summed E-state index contributed by atoms with van der Waals surface area (Å²) in [4.78, 5) is 123. The standard InChI is InChI=1S/C46H61N11O12/c1-28-8-2-3-10-32(28)57-46(69)52-31-16-13-29(14-17-31)26-38(59)53-33(11-4-5-24-50-37(58)20-15-30-9-6-23-49-27-30)41(64)54-34(18-21-39(60)61)42(65)55-35(19-22-40(62)63)43(66)56-36(44(67)68)12-7-25-51-45(47)48/h2-3,6,8-10,13-14,16-17,23,27,33-36H,4-5,7,11-12,15,18-22,24-26H2,1H3,(H,50,58)(H,53,59)(H,54,64)(H,55,65)(H,56,66)(H,60,61)(H,62,63)(H,67,68)(H4,47,48,51)(H2,52,57,69)/t33-,34-,35-,36-/m0/s1. The number of urea groups is 1. The molecule has 0 saturated carbocycles. The van der Waals surface area contributed by atoms with Gasteiger partial charge in [0.15, 0.2) is 5.96 Å². The van der Waals surface area contributed by atoms with Gasteiger partial charge in [0.25, 0.3) is 0 Å². The molecule has 1 aromatic heterocycles. The Hall–Kier alpha value is -8.11. The number of carboxylic acids is 3. The number of hydrogen-bond donors (Lipinski definition) is 12. The summed E-state index contributed by atoms with van der Waals surface area (Å²) in [7, 11) is 0. The Bertz CT molecular complexity index is 2260. The molecule has 23 heteroatoms. The average molecular weight is 960 g/mol. The van der Waals surface area contributed by atoms with Crippen LogP contribution in [0.3, 0.4) is 0 Å². The molecule has 0 fully saturated rings. The summed E-state index contributed by atoms with van der Waals surface area (Å²) in [6.07, 6.45) is 2.10. The van der Waals surface area contributed by atoms with E-state index in [4.69, 9.17) is 11.5 Å². The number of aryl methyl sites for hydroxylation is 2. The van der Waals surface area contributed by atoms with E-state index in [0.29, 0.717) is 29.8 Å². The molecule has 3 aromatic rings. The first-order chi connectivity index (χ1) is 32.9. The third-order valence-electron chi connectivity index (χ3n) is 10.3. The number of carbonyl (C=O) groups excluding carboxylic acids is 6. The van der Waals surface area contributed by atoms with Crippen molar-refractivity contribution in [3.8, 4) is 0 Å². The van der Waals surface area contributed by atoms with Crippen LogP contribution in [-0.2, 0) is 51.2 Å². The Labute approximate surface area is 398 Å². The van der Waals surface area contributed by atoms with Gasteiger partial charge in [-0.15, -0.1) is 0 Å². The van der Waals surface area contributed by atoms with Crippen molar-refractivity contribution in [2.75, 3.05) is 23.7 Å². The maximum absolute atomic E-state index is 14.0. The van der Waals surface area contributed by atoms with Crippen molar-refractivity contribution in [3.63, 3.8) is 0 Å². The van der Waals surface area contributed by atoms with Crippen LogP contribution in [-0.4, -0.2) is 117 Å². The molecule has 0 unspecified atom stereocenters. The second-order valence-electron chi connectivity index (χ2n) is 15.9. The van der Waals surface area contributed by atoms with Crippen molar-refractivity contribution < 1.29 is 58.5 Å². The van der Waals surface area contributed by atoms with Crippen molar-refractivity contribution >= 4 is 70.8 Å². The molecule has 0 aliphatic carbocycles. The van der Waals surface area contributed by atoms with E-state index in [0.717, 1.165) is 11.1 Å². The van der Waals surface area contributed by atoms with Crippen LogP contribution in [0.15, 0.2) is 78.0 Å². The van der Waals surface area contributed by atoms with Gasteiger partial charge in [0.2, 0.25) is 29.5 Å². The number of anilines is 2. The molecule has 0 spiro atoms. The Kier molecular flexibility index (Phi) is 23.6. The number of unbranched alkanes of at least 4 members (excludes halogenated alkanes) is 1. The lowest BCUT2D eigenvalue weighted by molar-refractivity contribution is -0.143. The molecule has 69 heavy (non-hydrogen) atoms. The minimum absolute atomic E-state index is 0.00133. The summed E-state index contributed by atoms with van der Waals surface area (Å²) in [5.41, 5.74) is 13.9. The molecular formula is C46H61N11O12. The zero-order valence-electron chi connectivity index (χ0n) is 38.2. The monoisotopic (exact) mass is 959 g/mol. The minimum Gasteiger partial charge on any atom is -0.481 e. The highest BCUT2D eigenvalue weighted by Gasteiger charge is 2.32. The van der Waals surface area contributed by atoms with Crippen molar-refractivity contribution in [1.82, 2.24) is 31.6 Å². The molecule has 2 aromatic carbocycles. The first-order valence-corrected chi connectivity index (χ1v) is 22.2. The fourth-order valence-corrected chi connectivity index (χ4v) is 6.65. The quantitative estimate of drug-likeness (QED) is 0.0255. The van der Waals surface area contributed by atoms with Crippen molar-refractivity contribution in [2.45, 2.75) is 108 Å². The number of benzene rings is 2. The number of nitrogens with one attached hydrogen (secondary N) is 7. The summed E-state index contributed by atoms with van der Waals surface area (Å²) in [5.74, 6) is -8.22. The smallest absolute Gasteiger partial charge is 0.326 e. The zero-order chi connectivity index (χ0) is 50.7. The number of pyridine rings is 1. The predicted molar refractivity (Wildman–Crippen MR) is 252 cm³/mol. The molecule has 0 saturated heterocycles. The van der Waals surface area contributed by atoms with E-state index in [1.165, 1.54) is 0 Å². The number of nitrogens with zero attached hydrogens (tertiary/aromatic N) is 2. The molecule has 23 nitrogen and oxygen atoms in total. The number of guanidine groups is 1. The fourth-order valence-electron chi connectivity index (χ4n) is 6.65. The first-order valence-electron chi connectivity index (χ1n) is 22.2. The largest absolute Gasteiger partial charge is 0.481 e. The number of para-hydroxylation sites is 1. The lowest BCUT2D eigenvalue weighted by Crippen LogP contribution is -2.58. The molecule has 0 aliphatic rings. The number of aromatic nitrogens is 1. The highest BCUT2D eigenvalue weighted by molar-refractivity contribution is 6.00. The van der Waals surface area contributed by atoms with Crippen LogP contribution < -0.4 is 48.7 Å². The molecule has 4 atom stereocenters. The lowest BCUT2D eigenvalue weighted by Gasteiger charge is -2.26. The van der Waals surface area contributed by atoms with E-state index >= 15 is 0 Å². The molecule has 14 N–H and O–H groups in total. The van der Waals surface area contributed by atoms with E-state index < -0.39 is 97.4 Å². The normalized spacial score (nSPS) is 12.4. The van der Waals surface area contributed by atoms with Crippen LogP contribution in [0.5, 0.6) is 0 Å². The number of nitrogens with two attached hydrogens (primary N) is 2. The van der Waals surface area contributed by atoms with Gasteiger partial charge in [-0.05, 0) is 99.2 Å². The van der Waals surface area contributed by atoms with E-state index in [-0.39, 0.29) is 63.5 Å². The van der Waals surface area contributed by atoms with Gasteiger partial charge in [-0.25, -0.2) is 9.59 Å². The Morgan fingerprint density at radius 2 is 1.22 bits per heavy atom. The number of rotatable bonds is 30. The average Bonchev–Trinajstić information content (AvgIpc) is 3.30. The van der Waals surface area contributed by atoms with Gasteiger partial charge in [0.1, 0.15) is 24.2 Å². The number of hydrogen-bond acceptors (Lipinski definition) is 11. The van der Waals surface area contributed by atoms with Gasteiger partial charge in [-0.3, -0.25) is 43.5 Å². The topological polar surface area (TPSA) is 376 Å². The minimum atomic E-state index is -1.64. The summed E-state index contributed by atoms with van der Waals surface area (Å²) in [5, 5.41) is 46.6. The SMILES string of the molecule is Cc1ccccc1NC(=O)Nc1ccc(CC(=O)N[C@@H](CCCCNC(=O)CCc2cccnc2)C(=O)N[C@@H](CCC(=O)O)C(=O)N[C@@H](CCC(=O)O)C(=O)N[C@@H](CCCN=C(N)N)C(=O)O)cc1. The van der Waals surface area contributed by atoms with Crippen LogP contribution in [0, 0.1) is 6.92 Å². The Morgan fingerprint density at radius 3 is 1.78 bits per heavy atom. The van der Waals surface area contributed by atoms with Gasteiger partial charge < -0.3 is 64.0 Å². The van der Waals surface area contributed by atoms with Crippen molar-refractivity contribution in [1.29, 1.82) is 0 Å². The molecule has 0 bridgehead atoms. The highest BCUT2D eigenvalue weighted by Crippen LogP contribution is 2.16. The van der Waals surface area contributed by atoms with Gasteiger partial charge in [0, 0.05) is 56.1 Å². The van der Waals surface area contributed by atoms with Gasteiger partial charge in [-0.1, -0.05) is 36.4 Å². The van der Waals surface area contributed by atoms with Crippen molar-refractivity contribution in [2.24, 2.45) is 16.5 Å². The molecule has 1 heterocycles. The van der Waals surface area contributed by atoms with E-state index in [1.54, 1.807) is 54.9 Å². The number of carboxylic acid groups (broad SMARTS) is 3. The third kappa shape index (κ3) is 22.3. The number of aliphatic carboxylic acids is 3. The summed E-state index contributed by atoms with van der Waals surface area (Å²) in [6, 6.07) is 10.7. The van der Waals surface area contributed by atoms with Crippen LogP contribution in [0.25, 0.3) is 0 Å². The second-order valence-corrected chi connectivity index (χ2v) is 15.9. The van der Waals surface area contributed by atoms with E-state index in [9.17, 15) is 58.5 Å². The molecule has 0 radical (unpaired) electrons. The molecular weight excluding hydrogens is 899 g/mol.